The van der Waals surface area contributed by atoms with Gasteiger partial charge in [0.1, 0.15) is 10.9 Å². The van der Waals surface area contributed by atoms with E-state index in [0.717, 1.165) is 21.5 Å². The van der Waals surface area contributed by atoms with Crippen LogP contribution in [0.4, 0.5) is 0 Å². The molecule has 0 fully saturated rings. The van der Waals surface area contributed by atoms with E-state index in [-0.39, 0.29) is 0 Å². The van der Waals surface area contributed by atoms with Gasteiger partial charge in [-0.15, -0.1) is 0 Å². The third-order valence-electron chi connectivity index (χ3n) is 3.19. The molecule has 1 atom stereocenters. The minimum absolute atomic E-state index is 0.412. The Morgan fingerprint density at radius 1 is 1.50 bits per heavy atom. The lowest BCUT2D eigenvalue weighted by molar-refractivity contribution is 0.176. The van der Waals surface area contributed by atoms with Gasteiger partial charge in [-0.05, 0) is 30.7 Å². The fourth-order valence-electron chi connectivity index (χ4n) is 2.24. The summed E-state index contributed by atoms with van der Waals surface area (Å²) >= 11 is 9.61. The van der Waals surface area contributed by atoms with Crippen LogP contribution >= 0.6 is 27.5 Å². The highest BCUT2D eigenvalue weighted by Gasteiger charge is 2.21. The van der Waals surface area contributed by atoms with E-state index in [9.17, 15) is 5.11 Å². The third kappa shape index (κ3) is 3.00. The van der Waals surface area contributed by atoms with Crippen LogP contribution in [0, 0.1) is 6.92 Å². The topological polar surface area (TPSA) is 47.3 Å². The lowest BCUT2D eigenvalue weighted by Crippen LogP contribution is -2.05. The van der Waals surface area contributed by atoms with Gasteiger partial charge in [0.2, 0.25) is 0 Å². The lowest BCUT2D eigenvalue weighted by atomic mass is 10.0. The minimum Gasteiger partial charge on any atom is -0.496 e. The number of halogens is 2. The highest BCUT2D eigenvalue weighted by Crippen LogP contribution is 2.32. The fourth-order valence-corrected chi connectivity index (χ4v) is 2.95. The molecule has 0 bridgehead atoms. The highest BCUT2D eigenvalue weighted by molar-refractivity contribution is 9.10. The van der Waals surface area contributed by atoms with Crippen molar-refractivity contribution in [2.75, 3.05) is 7.11 Å². The molecule has 0 spiro atoms. The molecular formula is C14H16BrClN2O2. The van der Waals surface area contributed by atoms with Crippen LogP contribution in [0.25, 0.3) is 0 Å². The Morgan fingerprint density at radius 2 is 2.20 bits per heavy atom. The Morgan fingerprint density at radius 3 is 2.75 bits per heavy atom. The van der Waals surface area contributed by atoms with Crippen molar-refractivity contribution in [3.05, 3.63) is 44.6 Å². The monoisotopic (exact) mass is 358 g/mol. The second kappa shape index (κ2) is 6.16. The molecule has 6 heteroatoms. The summed E-state index contributed by atoms with van der Waals surface area (Å²) in [5, 5.41) is 15.1. The van der Waals surface area contributed by atoms with Crippen LogP contribution in [-0.4, -0.2) is 22.0 Å². The van der Waals surface area contributed by atoms with Gasteiger partial charge in [-0.2, -0.15) is 5.10 Å². The predicted molar refractivity (Wildman–Crippen MR) is 82.3 cm³/mol. The molecule has 1 aromatic heterocycles. The number of rotatable bonds is 4. The van der Waals surface area contributed by atoms with E-state index in [4.69, 9.17) is 16.3 Å². The van der Waals surface area contributed by atoms with Crippen molar-refractivity contribution in [3.8, 4) is 5.75 Å². The molecular weight excluding hydrogens is 344 g/mol. The van der Waals surface area contributed by atoms with Crippen molar-refractivity contribution in [3.63, 3.8) is 0 Å². The lowest BCUT2D eigenvalue weighted by Gasteiger charge is -2.14. The number of nitrogens with zero attached hydrogens (tertiary/aromatic N) is 2. The number of methoxy groups -OCH3 is 1. The Bertz CT molecular complexity index is 628. The van der Waals surface area contributed by atoms with Gasteiger partial charge in [0.25, 0.3) is 0 Å². The van der Waals surface area contributed by atoms with Crippen LogP contribution in [0.5, 0.6) is 5.75 Å². The maximum atomic E-state index is 10.5. The van der Waals surface area contributed by atoms with E-state index >= 15 is 0 Å². The van der Waals surface area contributed by atoms with Crippen molar-refractivity contribution < 1.29 is 9.84 Å². The van der Waals surface area contributed by atoms with Gasteiger partial charge in [0, 0.05) is 23.5 Å². The van der Waals surface area contributed by atoms with E-state index in [1.54, 1.807) is 18.8 Å². The molecule has 1 aromatic carbocycles. The van der Waals surface area contributed by atoms with Gasteiger partial charge in [0.05, 0.1) is 18.9 Å². The first-order valence-corrected chi connectivity index (χ1v) is 7.30. The zero-order valence-electron chi connectivity index (χ0n) is 11.5. The first kappa shape index (κ1) is 15.4. The van der Waals surface area contributed by atoms with E-state index in [1.165, 1.54) is 0 Å². The number of aliphatic hydroxyl groups is 1. The Labute approximate surface area is 131 Å². The van der Waals surface area contributed by atoms with Gasteiger partial charge in [-0.25, -0.2) is 0 Å². The van der Waals surface area contributed by atoms with Gasteiger partial charge < -0.3 is 9.84 Å². The standard InChI is InChI=1S/C14H16BrClN2O2/c1-8-13(14(16)18(2)17-8)11(19)7-9-6-10(15)4-5-12(9)20-3/h4-6,11,19H,7H2,1-3H3. The van der Waals surface area contributed by atoms with Crippen LogP contribution in [0.3, 0.4) is 0 Å². The molecule has 1 unspecified atom stereocenters. The Hall–Kier alpha value is -1.04. The van der Waals surface area contributed by atoms with Crippen molar-refractivity contribution in [2.45, 2.75) is 19.4 Å². The number of hydrogen-bond donors (Lipinski definition) is 1. The molecule has 1 N–H and O–H groups in total. The quantitative estimate of drug-likeness (QED) is 0.910. The molecule has 0 saturated heterocycles. The third-order valence-corrected chi connectivity index (χ3v) is 4.13. The summed E-state index contributed by atoms with van der Waals surface area (Å²) in [6, 6.07) is 5.70. The van der Waals surface area contributed by atoms with Gasteiger partial charge >= 0.3 is 0 Å². The fraction of sp³-hybridized carbons (Fsp3) is 0.357. The van der Waals surface area contributed by atoms with E-state index in [0.29, 0.717) is 17.1 Å². The average molecular weight is 360 g/mol. The van der Waals surface area contributed by atoms with Gasteiger partial charge in [0.15, 0.2) is 0 Å². The van der Waals surface area contributed by atoms with Gasteiger partial charge in [-0.3, -0.25) is 4.68 Å². The molecule has 2 rings (SSSR count). The van der Waals surface area contributed by atoms with Crippen LogP contribution in [-0.2, 0) is 13.5 Å². The highest BCUT2D eigenvalue weighted by atomic mass is 79.9. The summed E-state index contributed by atoms with van der Waals surface area (Å²) in [4.78, 5) is 0. The molecule has 0 aliphatic rings. The number of benzene rings is 1. The van der Waals surface area contributed by atoms with E-state index < -0.39 is 6.10 Å². The summed E-state index contributed by atoms with van der Waals surface area (Å²) in [5.74, 6) is 0.741. The number of aliphatic hydroxyl groups excluding tert-OH is 1. The van der Waals surface area contributed by atoms with Crippen LogP contribution < -0.4 is 4.74 Å². The van der Waals surface area contributed by atoms with Crippen LogP contribution in [0.1, 0.15) is 22.9 Å². The van der Waals surface area contributed by atoms with Crippen LogP contribution in [0.15, 0.2) is 22.7 Å². The summed E-state index contributed by atoms with van der Waals surface area (Å²) in [6.07, 6.45) is -0.311. The average Bonchev–Trinajstić information content (AvgIpc) is 2.63. The number of aryl methyl sites for hydroxylation is 2. The number of ether oxygens (including phenoxy) is 1. The molecule has 0 radical (unpaired) electrons. The van der Waals surface area contributed by atoms with Crippen molar-refractivity contribution in [2.24, 2.45) is 7.05 Å². The molecule has 4 nitrogen and oxygen atoms in total. The van der Waals surface area contributed by atoms with E-state index in [2.05, 4.69) is 21.0 Å². The smallest absolute Gasteiger partial charge is 0.132 e. The molecule has 0 saturated carbocycles. The molecule has 1 heterocycles. The second-order valence-corrected chi connectivity index (χ2v) is 5.86. The van der Waals surface area contributed by atoms with Crippen molar-refractivity contribution in [1.29, 1.82) is 0 Å². The SMILES string of the molecule is COc1ccc(Br)cc1CC(O)c1c(C)nn(C)c1Cl. The molecule has 0 aliphatic heterocycles. The van der Waals surface area contributed by atoms with Crippen molar-refractivity contribution in [1.82, 2.24) is 9.78 Å². The Kier molecular flexibility index (Phi) is 4.73. The first-order valence-electron chi connectivity index (χ1n) is 6.13. The van der Waals surface area contributed by atoms with E-state index in [1.807, 2.05) is 25.1 Å². The zero-order valence-corrected chi connectivity index (χ0v) is 13.9. The maximum Gasteiger partial charge on any atom is 0.132 e. The van der Waals surface area contributed by atoms with Crippen LogP contribution in [0.2, 0.25) is 5.15 Å². The first-order chi connectivity index (χ1) is 9.43. The predicted octanol–water partition coefficient (Wildman–Crippen LogP) is 3.43. The van der Waals surface area contributed by atoms with Crippen molar-refractivity contribution >= 4 is 27.5 Å². The summed E-state index contributed by atoms with van der Waals surface area (Å²) in [7, 11) is 3.37. The summed E-state index contributed by atoms with van der Waals surface area (Å²) in [6.45, 7) is 1.84. The number of hydrogen-bond acceptors (Lipinski definition) is 3. The zero-order chi connectivity index (χ0) is 14.9. The molecule has 0 amide bonds. The largest absolute Gasteiger partial charge is 0.496 e. The minimum atomic E-state index is -0.723. The molecule has 2 aromatic rings. The second-order valence-electron chi connectivity index (χ2n) is 4.59. The molecule has 20 heavy (non-hydrogen) atoms. The van der Waals surface area contributed by atoms with Gasteiger partial charge in [-0.1, -0.05) is 27.5 Å². The maximum absolute atomic E-state index is 10.5. The molecule has 108 valence electrons. The normalized spacial score (nSPS) is 12.5. The molecule has 0 aliphatic carbocycles. The Balaban J connectivity index is 2.32. The summed E-state index contributed by atoms with van der Waals surface area (Å²) < 4.78 is 7.82. The summed E-state index contributed by atoms with van der Waals surface area (Å²) in [5.41, 5.74) is 2.31. The number of aromatic nitrogens is 2.